The molecule has 0 aromatic heterocycles. The van der Waals surface area contributed by atoms with Crippen LogP contribution in [0.15, 0.2) is 42.5 Å². The van der Waals surface area contributed by atoms with Crippen molar-refractivity contribution in [3.8, 4) is 0 Å². The first-order valence-corrected chi connectivity index (χ1v) is 10.3. The lowest BCUT2D eigenvalue weighted by molar-refractivity contribution is -0.118. The van der Waals surface area contributed by atoms with Crippen molar-refractivity contribution in [2.24, 2.45) is 0 Å². The Morgan fingerprint density at radius 3 is 2.58 bits per heavy atom. The topological polar surface area (TPSA) is 32.3 Å². The quantitative estimate of drug-likeness (QED) is 0.745. The van der Waals surface area contributed by atoms with E-state index in [4.69, 9.17) is 11.6 Å². The molecular formula is C20H22ClFN2OS. The molecule has 0 saturated carbocycles. The van der Waals surface area contributed by atoms with Gasteiger partial charge >= 0.3 is 0 Å². The maximum absolute atomic E-state index is 13.7. The summed E-state index contributed by atoms with van der Waals surface area (Å²) in [7, 11) is 0. The molecule has 0 spiro atoms. The van der Waals surface area contributed by atoms with E-state index in [2.05, 4.69) is 34.5 Å². The molecule has 1 aliphatic rings. The van der Waals surface area contributed by atoms with Crippen LogP contribution < -0.4 is 10.2 Å². The first-order chi connectivity index (χ1) is 12.6. The molecule has 1 aliphatic heterocycles. The van der Waals surface area contributed by atoms with Gasteiger partial charge in [0.15, 0.2) is 0 Å². The van der Waals surface area contributed by atoms with Crippen LogP contribution in [0.1, 0.15) is 24.0 Å². The number of hydrogen-bond donors (Lipinski definition) is 1. The number of anilines is 1. The van der Waals surface area contributed by atoms with E-state index in [1.807, 2.05) is 0 Å². The van der Waals surface area contributed by atoms with Crippen LogP contribution in [0.5, 0.6) is 0 Å². The molecule has 3 nitrogen and oxygen atoms in total. The van der Waals surface area contributed by atoms with Crippen molar-refractivity contribution in [3.63, 3.8) is 0 Å². The molecule has 0 unspecified atom stereocenters. The predicted molar refractivity (Wildman–Crippen MR) is 107 cm³/mol. The van der Waals surface area contributed by atoms with Gasteiger partial charge < -0.3 is 10.2 Å². The highest BCUT2D eigenvalue weighted by Gasteiger charge is 2.12. The number of carbonyl (C=O) groups excluding carboxylic acids is 1. The zero-order valence-electron chi connectivity index (χ0n) is 14.5. The highest BCUT2D eigenvalue weighted by Crippen LogP contribution is 2.24. The predicted octanol–water partition coefficient (Wildman–Crippen LogP) is 4.63. The second kappa shape index (κ2) is 9.28. The average molecular weight is 393 g/mol. The van der Waals surface area contributed by atoms with Crippen molar-refractivity contribution < 1.29 is 9.18 Å². The minimum Gasteiger partial charge on any atom is -0.372 e. The summed E-state index contributed by atoms with van der Waals surface area (Å²) in [4.78, 5) is 14.4. The van der Waals surface area contributed by atoms with Crippen LogP contribution in [-0.4, -0.2) is 24.7 Å². The molecule has 1 saturated heterocycles. The molecule has 3 rings (SSSR count). The van der Waals surface area contributed by atoms with Crippen molar-refractivity contribution in [1.82, 2.24) is 5.32 Å². The fraction of sp³-hybridized carbons (Fsp3) is 0.350. The number of thioether (sulfide) groups is 1. The zero-order chi connectivity index (χ0) is 18.4. The molecule has 138 valence electrons. The lowest BCUT2D eigenvalue weighted by Gasteiger charge is -2.17. The maximum Gasteiger partial charge on any atom is 0.230 e. The van der Waals surface area contributed by atoms with E-state index in [1.54, 1.807) is 12.1 Å². The number of hydrogen-bond acceptors (Lipinski definition) is 3. The van der Waals surface area contributed by atoms with Crippen molar-refractivity contribution in [2.45, 2.75) is 25.1 Å². The average Bonchev–Trinajstić information content (AvgIpc) is 3.17. The Kier molecular flexibility index (Phi) is 6.80. The second-order valence-corrected chi connectivity index (χ2v) is 7.72. The molecule has 1 fully saturated rings. The molecule has 1 amide bonds. The third-order valence-corrected chi connectivity index (χ3v) is 5.75. The summed E-state index contributed by atoms with van der Waals surface area (Å²) < 4.78 is 13.7. The molecule has 0 radical (unpaired) electrons. The standard InChI is InChI=1S/C20H22ClFN2OS/c21-18-4-3-5-19(22)17(18)13-26-14-20(25)23-12-15-6-8-16(9-7-15)24-10-1-2-11-24/h3-9H,1-2,10-14H2,(H,23,25). The second-order valence-electron chi connectivity index (χ2n) is 6.33. The SMILES string of the molecule is O=C(CSCc1c(F)cccc1Cl)NCc1ccc(N2CCCC2)cc1. The summed E-state index contributed by atoms with van der Waals surface area (Å²) in [5.74, 6) is 0.259. The molecule has 1 N–H and O–H groups in total. The summed E-state index contributed by atoms with van der Waals surface area (Å²) in [6.45, 7) is 2.75. The Morgan fingerprint density at radius 1 is 1.15 bits per heavy atom. The van der Waals surface area contributed by atoms with Gasteiger partial charge in [-0.1, -0.05) is 29.8 Å². The van der Waals surface area contributed by atoms with E-state index in [-0.39, 0.29) is 17.5 Å². The number of nitrogens with one attached hydrogen (secondary N) is 1. The fourth-order valence-electron chi connectivity index (χ4n) is 2.97. The lowest BCUT2D eigenvalue weighted by atomic mass is 10.2. The van der Waals surface area contributed by atoms with Crippen LogP contribution in [0.2, 0.25) is 5.02 Å². The number of nitrogens with zero attached hydrogens (tertiary/aromatic N) is 1. The molecule has 0 atom stereocenters. The number of halogens is 2. The Morgan fingerprint density at radius 2 is 1.88 bits per heavy atom. The first-order valence-electron chi connectivity index (χ1n) is 8.75. The Labute approximate surface area is 162 Å². The van der Waals surface area contributed by atoms with Crippen LogP contribution in [0.4, 0.5) is 10.1 Å². The summed E-state index contributed by atoms with van der Waals surface area (Å²) >= 11 is 7.34. The van der Waals surface area contributed by atoms with Crippen LogP contribution in [0, 0.1) is 5.82 Å². The van der Waals surface area contributed by atoms with E-state index < -0.39 is 0 Å². The minimum absolute atomic E-state index is 0.0638. The largest absolute Gasteiger partial charge is 0.372 e. The van der Waals surface area contributed by atoms with Gasteiger partial charge in [0.05, 0.1) is 5.75 Å². The van der Waals surface area contributed by atoms with Crippen molar-refractivity contribution in [1.29, 1.82) is 0 Å². The van der Waals surface area contributed by atoms with Crippen LogP contribution in [-0.2, 0) is 17.1 Å². The lowest BCUT2D eigenvalue weighted by Crippen LogP contribution is -2.24. The highest BCUT2D eigenvalue weighted by atomic mass is 35.5. The van der Waals surface area contributed by atoms with Gasteiger partial charge in [-0.3, -0.25) is 4.79 Å². The van der Waals surface area contributed by atoms with E-state index in [0.717, 1.165) is 18.7 Å². The van der Waals surface area contributed by atoms with Gasteiger partial charge in [0.25, 0.3) is 0 Å². The van der Waals surface area contributed by atoms with Crippen LogP contribution in [0.25, 0.3) is 0 Å². The van der Waals surface area contributed by atoms with E-state index in [0.29, 0.717) is 22.9 Å². The zero-order valence-corrected chi connectivity index (χ0v) is 16.1. The van der Waals surface area contributed by atoms with Crippen LogP contribution in [0.3, 0.4) is 0 Å². The maximum atomic E-state index is 13.7. The number of benzene rings is 2. The number of rotatable bonds is 7. The molecule has 0 bridgehead atoms. The van der Waals surface area contributed by atoms with E-state index in [1.165, 1.54) is 36.4 Å². The van der Waals surface area contributed by atoms with Crippen molar-refractivity contribution in [2.75, 3.05) is 23.7 Å². The van der Waals surface area contributed by atoms with Crippen molar-refractivity contribution in [3.05, 3.63) is 64.4 Å². The molecule has 26 heavy (non-hydrogen) atoms. The van der Waals surface area contributed by atoms with Gasteiger partial charge in [-0.15, -0.1) is 11.8 Å². The van der Waals surface area contributed by atoms with Gasteiger partial charge in [-0.2, -0.15) is 0 Å². The Bertz CT molecular complexity index is 728. The summed E-state index contributed by atoms with van der Waals surface area (Å²) in [5.41, 5.74) is 2.77. The monoisotopic (exact) mass is 392 g/mol. The Hall–Kier alpha value is -1.72. The summed E-state index contributed by atoms with van der Waals surface area (Å²) in [6.07, 6.45) is 2.52. The van der Waals surface area contributed by atoms with Crippen molar-refractivity contribution >= 4 is 35.0 Å². The molecule has 2 aromatic rings. The van der Waals surface area contributed by atoms with Crippen LogP contribution >= 0.6 is 23.4 Å². The minimum atomic E-state index is -0.330. The normalized spacial score (nSPS) is 13.8. The smallest absolute Gasteiger partial charge is 0.230 e. The molecule has 6 heteroatoms. The number of carbonyl (C=O) groups is 1. The molecular weight excluding hydrogens is 371 g/mol. The summed E-state index contributed by atoms with van der Waals surface area (Å²) in [5, 5.41) is 3.30. The third kappa shape index (κ3) is 5.15. The van der Waals surface area contributed by atoms with Gasteiger partial charge in [-0.25, -0.2) is 4.39 Å². The van der Waals surface area contributed by atoms with Gasteiger partial charge in [-0.05, 0) is 42.7 Å². The third-order valence-electron chi connectivity index (χ3n) is 4.44. The highest BCUT2D eigenvalue weighted by molar-refractivity contribution is 7.99. The summed E-state index contributed by atoms with van der Waals surface area (Å²) in [6, 6.07) is 13.0. The molecule has 1 heterocycles. The Balaban J connectivity index is 1.41. The van der Waals surface area contributed by atoms with Gasteiger partial charge in [0, 0.05) is 41.7 Å². The molecule has 2 aromatic carbocycles. The first kappa shape index (κ1) is 19.1. The fourth-order valence-corrected chi connectivity index (χ4v) is 4.16. The molecule has 0 aliphatic carbocycles. The van der Waals surface area contributed by atoms with E-state index in [9.17, 15) is 9.18 Å². The van der Waals surface area contributed by atoms with Gasteiger partial charge in [0.2, 0.25) is 5.91 Å². The number of amides is 1. The van der Waals surface area contributed by atoms with E-state index >= 15 is 0 Å². The van der Waals surface area contributed by atoms with Gasteiger partial charge in [0.1, 0.15) is 5.82 Å².